The Morgan fingerprint density at radius 1 is 0.564 bits per heavy atom. The Morgan fingerprint density at radius 3 is 2.18 bits per heavy atom. The molecule has 0 aliphatic carbocycles. The Labute approximate surface area is 224 Å². The van der Waals surface area contributed by atoms with Crippen LogP contribution in [0.25, 0.3) is 49.1 Å². The smallest absolute Gasteiger partial charge is 0.172 e. The maximum Gasteiger partial charge on any atom is 0.172 e. The van der Waals surface area contributed by atoms with Crippen LogP contribution in [0.15, 0.2) is 134 Å². The highest BCUT2D eigenvalue weighted by Crippen LogP contribution is 2.44. The predicted octanol–water partition coefficient (Wildman–Crippen LogP) is 6.98. The summed E-state index contributed by atoms with van der Waals surface area (Å²) in [6.07, 6.45) is 3.46. The van der Waals surface area contributed by atoms with Gasteiger partial charge in [-0.2, -0.15) is 0 Å². The van der Waals surface area contributed by atoms with Gasteiger partial charge in [-0.15, -0.1) is 0 Å². The van der Waals surface area contributed by atoms with Gasteiger partial charge in [0.2, 0.25) is 0 Å². The number of para-hydroxylation sites is 3. The minimum atomic E-state index is -3.26. The van der Waals surface area contributed by atoms with Crippen LogP contribution in [0.1, 0.15) is 0 Å². The summed E-state index contributed by atoms with van der Waals surface area (Å²) in [6.45, 7) is 0. The van der Waals surface area contributed by atoms with E-state index in [1.54, 1.807) is 12.4 Å². The molecule has 3 aromatic heterocycles. The van der Waals surface area contributed by atoms with Crippen molar-refractivity contribution in [1.82, 2.24) is 14.4 Å². The number of nitrogens with zero attached hydrogens (tertiary/aromatic N) is 3. The number of aromatic nitrogens is 3. The van der Waals surface area contributed by atoms with Crippen LogP contribution >= 0.6 is 7.14 Å². The Bertz CT molecular complexity index is 2270. The van der Waals surface area contributed by atoms with Crippen molar-refractivity contribution in [2.45, 2.75) is 0 Å². The maximum absolute atomic E-state index is 15.4. The fraction of sp³-hybridized carbons (Fsp3) is 0. The third kappa shape index (κ3) is 3.22. The molecule has 0 N–H and O–H groups in total. The van der Waals surface area contributed by atoms with E-state index in [1.807, 2.05) is 54.6 Å². The van der Waals surface area contributed by atoms with E-state index in [0.29, 0.717) is 5.30 Å². The van der Waals surface area contributed by atoms with Crippen molar-refractivity contribution >= 4 is 72.2 Å². The third-order valence-electron chi connectivity index (χ3n) is 7.71. The first kappa shape index (κ1) is 22.2. The summed E-state index contributed by atoms with van der Waals surface area (Å²) in [4.78, 5) is 9.42. The number of rotatable bonds is 3. The second-order valence-electron chi connectivity index (χ2n) is 9.86. The van der Waals surface area contributed by atoms with Crippen molar-refractivity contribution in [1.29, 1.82) is 0 Å². The first-order valence-corrected chi connectivity index (χ1v) is 14.6. The summed E-state index contributed by atoms with van der Waals surface area (Å²) in [5.74, 6) is 0. The predicted molar refractivity (Wildman–Crippen MR) is 162 cm³/mol. The van der Waals surface area contributed by atoms with Crippen molar-refractivity contribution in [2.24, 2.45) is 0 Å². The van der Waals surface area contributed by atoms with Crippen LogP contribution in [0.5, 0.6) is 0 Å². The van der Waals surface area contributed by atoms with Crippen molar-refractivity contribution in [3.8, 4) is 0 Å². The van der Waals surface area contributed by atoms with Crippen LogP contribution in [0.4, 0.5) is 0 Å². The van der Waals surface area contributed by atoms with Crippen LogP contribution in [-0.2, 0) is 4.57 Å². The summed E-state index contributed by atoms with van der Waals surface area (Å²) >= 11 is 0. The van der Waals surface area contributed by atoms with Crippen molar-refractivity contribution in [2.75, 3.05) is 0 Å². The Balaban J connectivity index is 1.49. The largest absolute Gasteiger partial charge is 0.309 e. The lowest BCUT2D eigenvalue weighted by atomic mass is 10.1. The monoisotopic (exact) mass is 519 g/mol. The second-order valence-corrected chi connectivity index (χ2v) is 12.6. The first-order valence-electron chi connectivity index (χ1n) is 12.9. The van der Waals surface area contributed by atoms with Crippen LogP contribution in [0.3, 0.4) is 0 Å². The van der Waals surface area contributed by atoms with Crippen molar-refractivity contribution in [3.05, 3.63) is 134 Å². The summed E-state index contributed by atoms with van der Waals surface area (Å²) in [5, 5.41) is 7.66. The number of fused-ring (bicyclic) bond motifs is 9. The van der Waals surface area contributed by atoms with E-state index in [2.05, 4.69) is 76.1 Å². The Hall–Kier alpha value is -4.79. The minimum absolute atomic E-state index is 0.713. The second kappa shape index (κ2) is 8.36. The molecule has 8 aromatic rings. The zero-order valence-electron chi connectivity index (χ0n) is 20.9. The summed E-state index contributed by atoms with van der Waals surface area (Å²) < 4.78 is 17.6. The van der Waals surface area contributed by atoms with Gasteiger partial charge in [0.25, 0.3) is 0 Å². The molecule has 39 heavy (non-hydrogen) atoms. The summed E-state index contributed by atoms with van der Waals surface area (Å²) in [6, 6.07) is 40.9. The van der Waals surface area contributed by atoms with E-state index < -0.39 is 7.14 Å². The molecule has 4 nitrogen and oxygen atoms in total. The molecule has 0 saturated carbocycles. The van der Waals surface area contributed by atoms with Crippen molar-refractivity contribution in [3.63, 3.8) is 0 Å². The highest BCUT2D eigenvalue weighted by Gasteiger charge is 2.31. The maximum atomic E-state index is 15.4. The lowest BCUT2D eigenvalue weighted by Crippen LogP contribution is -2.25. The van der Waals surface area contributed by atoms with E-state index in [1.165, 1.54) is 0 Å². The number of imidazole rings is 1. The Kier molecular flexibility index (Phi) is 4.76. The van der Waals surface area contributed by atoms with E-state index in [-0.39, 0.29) is 0 Å². The third-order valence-corrected chi connectivity index (χ3v) is 10.7. The van der Waals surface area contributed by atoms with Gasteiger partial charge < -0.3 is 4.57 Å². The van der Waals surface area contributed by atoms with Gasteiger partial charge in [-0.3, -0.25) is 9.38 Å². The van der Waals surface area contributed by atoms with Crippen molar-refractivity contribution < 1.29 is 4.57 Å². The van der Waals surface area contributed by atoms with Gasteiger partial charge in [0.1, 0.15) is 5.65 Å². The number of pyridine rings is 2. The molecule has 3 heterocycles. The van der Waals surface area contributed by atoms with Gasteiger partial charge in [0.05, 0.1) is 16.6 Å². The van der Waals surface area contributed by atoms with Gasteiger partial charge in [-0.05, 0) is 58.6 Å². The molecule has 1 atom stereocenters. The molecule has 184 valence electrons. The van der Waals surface area contributed by atoms with Crippen LogP contribution in [0.2, 0.25) is 0 Å². The van der Waals surface area contributed by atoms with E-state index >= 15 is 4.57 Å². The molecule has 0 aliphatic heterocycles. The summed E-state index contributed by atoms with van der Waals surface area (Å²) in [7, 11) is -3.26. The number of hydrogen-bond donors (Lipinski definition) is 0. The lowest BCUT2D eigenvalue weighted by Gasteiger charge is -2.21. The van der Waals surface area contributed by atoms with E-state index in [4.69, 9.17) is 4.98 Å². The molecule has 8 rings (SSSR count). The molecule has 0 fully saturated rings. The van der Waals surface area contributed by atoms with Gasteiger partial charge >= 0.3 is 0 Å². The van der Waals surface area contributed by atoms with E-state index in [9.17, 15) is 0 Å². The molecule has 1 unspecified atom stereocenters. The topological polar surface area (TPSA) is 47.3 Å². The molecular formula is C34H22N3OP. The summed E-state index contributed by atoms with van der Waals surface area (Å²) in [5.41, 5.74) is 3.96. The average molecular weight is 520 g/mol. The van der Waals surface area contributed by atoms with Crippen LogP contribution in [0, 0.1) is 0 Å². The molecule has 0 bridgehead atoms. The van der Waals surface area contributed by atoms with Gasteiger partial charge in [0.15, 0.2) is 7.14 Å². The molecule has 0 saturated heterocycles. The average Bonchev–Trinajstić information content (AvgIpc) is 3.41. The first-order chi connectivity index (χ1) is 19.2. The zero-order valence-corrected chi connectivity index (χ0v) is 21.8. The fourth-order valence-corrected chi connectivity index (χ4v) is 8.48. The molecule has 0 radical (unpaired) electrons. The normalized spacial score (nSPS) is 13.4. The molecule has 0 amide bonds. The fourth-order valence-electron chi connectivity index (χ4n) is 5.85. The quantitative estimate of drug-likeness (QED) is 0.187. The standard InChI is InChI=1S/C34H22N3OP/c38-39(27-10-7-19-35-22-27,25-16-15-23-8-1-2-9-24(23)20-25)26-17-18-28-29-11-3-5-13-32(29)37-33-14-6-4-12-31(33)36-34(37)30(28)21-26/h1-22H. The highest BCUT2D eigenvalue weighted by atomic mass is 31.2. The van der Waals surface area contributed by atoms with Gasteiger partial charge in [-0.25, -0.2) is 4.98 Å². The molecule has 0 spiro atoms. The molecule has 5 aromatic carbocycles. The number of benzene rings is 5. The lowest BCUT2D eigenvalue weighted by molar-refractivity contribution is 0.592. The zero-order chi connectivity index (χ0) is 26.0. The molecule has 0 aliphatic rings. The Morgan fingerprint density at radius 2 is 1.31 bits per heavy atom. The van der Waals surface area contributed by atoms with E-state index in [0.717, 1.165) is 59.7 Å². The SMILES string of the molecule is O=P(c1cccnc1)(c1ccc2ccccc2c1)c1ccc2c3ccccc3n3c4ccccc4nc3c2c1. The number of hydrogen-bond acceptors (Lipinski definition) is 3. The van der Waals surface area contributed by atoms with Gasteiger partial charge in [0, 0.05) is 39.1 Å². The highest BCUT2D eigenvalue weighted by molar-refractivity contribution is 7.85. The molecular weight excluding hydrogens is 497 g/mol. The minimum Gasteiger partial charge on any atom is -0.309 e. The van der Waals surface area contributed by atoms with Crippen LogP contribution in [-0.4, -0.2) is 14.4 Å². The van der Waals surface area contributed by atoms with Gasteiger partial charge in [-0.1, -0.05) is 78.9 Å². The molecule has 5 heteroatoms. The van der Waals surface area contributed by atoms with Crippen LogP contribution < -0.4 is 15.9 Å².